The molecule has 2 aliphatic rings. The largest absolute Gasteiger partial charge is 0.326 e. The third-order valence-corrected chi connectivity index (χ3v) is 6.21. The SMILES string of the molecule is Cc1nc2ccc(NC(=O)CCN3C(=O)C4CCCCC4C3=O)cc2s1. The van der Waals surface area contributed by atoms with E-state index in [9.17, 15) is 14.4 Å². The number of benzene rings is 1. The van der Waals surface area contributed by atoms with E-state index in [1.165, 1.54) is 4.90 Å². The lowest BCUT2D eigenvalue weighted by Crippen LogP contribution is -2.34. The van der Waals surface area contributed by atoms with Crippen molar-refractivity contribution in [2.45, 2.75) is 39.0 Å². The topological polar surface area (TPSA) is 79.4 Å². The molecule has 1 aromatic carbocycles. The van der Waals surface area contributed by atoms with Crippen LogP contribution in [0.2, 0.25) is 0 Å². The van der Waals surface area contributed by atoms with Crippen molar-refractivity contribution >= 4 is 45.0 Å². The van der Waals surface area contributed by atoms with E-state index in [4.69, 9.17) is 0 Å². The van der Waals surface area contributed by atoms with Crippen molar-refractivity contribution in [1.29, 1.82) is 0 Å². The molecule has 6 nitrogen and oxygen atoms in total. The van der Waals surface area contributed by atoms with Gasteiger partial charge in [-0.25, -0.2) is 4.98 Å². The zero-order valence-corrected chi connectivity index (χ0v) is 15.5. The van der Waals surface area contributed by atoms with Gasteiger partial charge in [0.15, 0.2) is 0 Å². The number of rotatable bonds is 4. The lowest BCUT2D eigenvalue weighted by Gasteiger charge is -2.19. The summed E-state index contributed by atoms with van der Waals surface area (Å²) in [7, 11) is 0. The van der Waals surface area contributed by atoms with Crippen molar-refractivity contribution in [1.82, 2.24) is 9.88 Å². The summed E-state index contributed by atoms with van der Waals surface area (Å²) in [5.41, 5.74) is 1.63. The highest BCUT2D eigenvalue weighted by molar-refractivity contribution is 7.18. The van der Waals surface area contributed by atoms with Crippen LogP contribution in [-0.2, 0) is 14.4 Å². The number of imide groups is 1. The molecule has 0 radical (unpaired) electrons. The number of nitrogens with one attached hydrogen (secondary N) is 1. The van der Waals surface area contributed by atoms with E-state index in [-0.39, 0.29) is 42.5 Å². The summed E-state index contributed by atoms with van der Waals surface area (Å²) in [5.74, 6) is -0.684. The van der Waals surface area contributed by atoms with E-state index in [1.54, 1.807) is 11.3 Å². The molecule has 2 heterocycles. The molecule has 2 aromatic rings. The van der Waals surface area contributed by atoms with Gasteiger partial charge in [-0.15, -0.1) is 11.3 Å². The summed E-state index contributed by atoms with van der Waals surface area (Å²) in [4.78, 5) is 42.8. The van der Waals surface area contributed by atoms with Crippen LogP contribution in [0.4, 0.5) is 5.69 Å². The highest BCUT2D eigenvalue weighted by Crippen LogP contribution is 2.38. The number of carbonyl (C=O) groups is 3. The summed E-state index contributed by atoms with van der Waals surface area (Å²) in [5, 5.41) is 3.83. The van der Waals surface area contributed by atoms with E-state index in [1.807, 2.05) is 25.1 Å². The van der Waals surface area contributed by atoms with Crippen molar-refractivity contribution < 1.29 is 14.4 Å². The molecule has 1 aromatic heterocycles. The summed E-state index contributed by atoms with van der Waals surface area (Å²) in [6.07, 6.45) is 3.73. The minimum atomic E-state index is -0.193. The molecule has 0 bridgehead atoms. The Balaban J connectivity index is 1.37. The van der Waals surface area contributed by atoms with Gasteiger partial charge in [-0.1, -0.05) is 12.8 Å². The maximum Gasteiger partial charge on any atom is 0.233 e. The molecule has 0 spiro atoms. The van der Waals surface area contributed by atoms with Crippen LogP contribution in [0.15, 0.2) is 18.2 Å². The highest BCUT2D eigenvalue weighted by atomic mass is 32.1. The second-order valence-corrected chi connectivity index (χ2v) is 8.27. The lowest BCUT2D eigenvalue weighted by atomic mass is 9.81. The van der Waals surface area contributed by atoms with Gasteiger partial charge in [0.2, 0.25) is 17.7 Å². The zero-order chi connectivity index (χ0) is 18.3. The number of aryl methyl sites for hydroxylation is 1. The average Bonchev–Trinajstić information content (AvgIpc) is 3.11. The molecular formula is C19H21N3O3S. The average molecular weight is 371 g/mol. The summed E-state index contributed by atoms with van der Waals surface area (Å²) in [6.45, 7) is 2.11. The minimum absolute atomic E-state index is 0.0888. The molecule has 136 valence electrons. The number of aromatic nitrogens is 1. The number of thiazole rings is 1. The van der Waals surface area contributed by atoms with Crippen molar-refractivity contribution in [3.63, 3.8) is 0 Å². The van der Waals surface area contributed by atoms with Gasteiger partial charge in [-0.05, 0) is 38.0 Å². The number of carbonyl (C=O) groups excluding carboxylic acids is 3. The Kier molecular flexibility index (Phi) is 4.48. The lowest BCUT2D eigenvalue weighted by molar-refractivity contribution is -0.140. The Hall–Kier alpha value is -2.28. The van der Waals surface area contributed by atoms with Crippen LogP contribution >= 0.6 is 11.3 Å². The van der Waals surface area contributed by atoms with Crippen LogP contribution in [0.25, 0.3) is 10.2 Å². The summed E-state index contributed by atoms with van der Waals surface area (Å²) >= 11 is 1.58. The highest BCUT2D eigenvalue weighted by Gasteiger charge is 2.47. The smallest absolute Gasteiger partial charge is 0.233 e. The molecule has 4 rings (SSSR count). The Morgan fingerprint density at radius 3 is 2.62 bits per heavy atom. The number of nitrogens with zero attached hydrogens (tertiary/aromatic N) is 2. The Morgan fingerprint density at radius 2 is 1.92 bits per heavy atom. The fourth-order valence-corrected chi connectivity index (χ4v) is 4.87. The number of hydrogen-bond acceptors (Lipinski definition) is 5. The maximum absolute atomic E-state index is 12.4. The Bertz CT molecular complexity index is 867. The number of hydrogen-bond donors (Lipinski definition) is 1. The van der Waals surface area contributed by atoms with Gasteiger partial charge in [-0.3, -0.25) is 19.3 Å². The van der Waals surface area contributed by atoms with Crippen LogP contribution in [0.5, 0.6) is 0 Å². The van der Waals surface area contributed by atoms with Crippen LogP contribution < -0.4 is 5.32 Å². The van der Waals surface area contributed by atoms with E-state index in [2.05, 4.69) is 10.3 Å². The third kappa shape index (κ3) is 3.11. The monoisotopic (exact) mass is 371 g/mol. The molecule has 26 heavy (non-hydrogen) atoms. The molecule has 1 N–H and O–H groups in total. The van der Waals surface area contributed by atoms with Gasteiger partial charge in [0, 0.05) is 18.7 Å². The number of fused-ring (bicyclic) bond motifs is 2. The van der Waals surface area contributed by atoms with E-state index < -0.39 is 0 Å². The first-order valence-electron chi connectivity index (χ1n) is 9.05. The number of amides is 3. The van der Waals surface area contributed by atoms with Crippen LogP contribution in [0.3, 0.4) is 0 Å². The Labute approximate surface area is 155 Å². The van der Waals surface area contributed by atoms with Crippen molar-refractivity contribution in [3.05, 3.63) is 23.2 Å². The van der Waals surface area contributed by atoms with Gasteiger partial charge in [0.1, 0.15) is 0 Å². The first-order valence-corrected chi connectivity index (χ1v) is 9.87. The minimum Gasteiger partial charge on any atom is -0.326 e. The second kappa shape index (κ2) is 6.79. The molecule has 7 heteroatoms. The number of anilines is 1. The standard InChI is InChI=1S/C19H21N3O3S/c1-11-20-15-7-6-12(10-16(15)26-11)21-17(23)8-9-22-18(24)13-4-2-3-5-14(13)19(22)25/h6-7,10,13-14H,2-5,8-9H2,1H3,(H,21,23). The predicted molar refractivity (Wildman–Crippen MR) is 99.8 cm³/mol. The van der Waals surface area contributed by atoms with Crippen LogP contribution in [0, 0.1) is 18.8 Å². The second-order valence-electron chi connectivity index (χ2n) is 7.04. The van der Waals surface area contributed by atoms with Gasteiger partial charge in [0.05, 0.1) is 27.1 Å². The molecule has 1 saturated carbocycles. The molecule has 1 aliphatic carbocycles. The Morgan fingerprint density at radius 1 is 1.23 bits per heavy atom. The van der Waals surface area contributed by atoms with Gasteiger partial charge >= 0.3 is 0 Å². The fourth-order valence-electron chi connectivity index (χ4n) is 4.01. The molecule has 2 unspecified atom stereocenters. The molecular weight excluding hydrogens is 350 g/mol. The molecule has 2 atom stereocenters. The third-order valence-electron chi connectivity index (χ3n) is 5.27. The fraction of sp³-hybridized carbons (Fsp3) is 0.474. The quantitative estimate of drug-likeness (QED) is 0.838. The van der Waals surface area contributed by atoms with E-state index in [0.29, 0.717) is 5.69 Å². The molecule has 1 saturated heterocycles. The summed E-state index contributed by atoms with van der Waals surface area (Å²) in [6, 6.07) is 5.60. The van der Waals surface area contributed by atoms with Crippen molar-refractivity contribution in [2.75, 3.05) is 11.9 Å². The molecule has 3 amide bonds. The van der Waals surface area contributed by atoms with Crippen molar-refractivity contribution in [2.24, 2.45) is 11.8 Å². The predicted octanol–water partition coefficient (Wildman–Crippen LogP) is 3.11. The van der Waals surface area contributed by atoms with E-state index in [0.717, 1.165) is 40.9 Å². The maximum atomic E-state index is 12.4. The first kappa shape index (κ1) is 17.1. The molecule has 2 fully saturated rings. The normalized spacial score (nSPS) is 22.7. The number of likely N-dealkylation sites (tertiary alicyclic amines) is 1. The van der Waals surface area contributed by atoms with Gasteiger partial charge < -0.3 is 5.32 Å². The van der Waals surface area contributed by atoms with Crippen LogP contribution in [0.1, 0.15) is 37.1 Å². The van der Waals surface area contributed by atoms with Crippen LogP contribution in [-0.4, -0.2) is 34.2 Å². The molecule has 1 aliphatic heterocycles. The zero-order valence-electron chi connectivity index (χ0n) is 14.7. The van der Waals surface area contributed by atoms with E-state index >= 15 is 0 Å². The summed E-state index contributed by atoms with van der Waals surface area (Å²) < 4.78 is 1.02. The van der Waals surface area contributed by atoms with Gasteiger partial charge in [0.25, 0.3) is 0 Å². The van der Waals surface area contributed by atoms with Gasteiger partial charge in [-0.2, -0.15) is 0 Å². The van der Waals surface area contributed by atoms with Crippen molar-refractivity contribution in [3.8, 4) is 0 Å². The first-order chi connectivity index (χ1) is 12.5.